The minimum atomic E-state index is -3.67. The zero-order valence-corrected chi connectivity index (χ0v) is 13.8. The lowest BCUT2D eigenvalue weighted by Gasteiger charge is -2.35. The number of nitrogens with zero attached hydrogens (tertiary/aromatic N) is 1. The van der Waals surface area contributed by atoms with Crippen LogP contribution in [0, 0.1) is 6.92 Å². The first kappa shape index (κ1) is 16.3. The zero-order valence-electron chi connectivity index (χ0n) is 13.0. The Hall–Kier alpha value is -1.11. The summed E-state index contributed by atoms with van der Waals surface area (Å²) in [6, 6.07) is 6.32. The Kier molecular flexibility index (Phi) is 4.91. The van der Waals surface area contributed by atoms with Crippen molar-refractivity contribution >= 4 is 15.7 Å². The molecule has 118 valence electrons. The van der Waals surface area contributed by atoms with Gasteiger partial charge in [0.1, 0.15) is 0 Å². The predicted octanol–water partition coefficient (Wildman–Crippen LogP) is 1.93. The molecule has 0 spiro atoms. The molecule has 5 nitrogen and oxygen atoms in total. The van der Waals surface area contributed by atoms with Gasteiger partial charge in [-0.2, -0.15) is 0 Å². The van der Waals surface area contributed by atoms with E-state index in [0.29, 0.717) is 17.6 Å². The van der Waals surface area contributed by atoms with E-state index < -0.39 is 10.0 Å². The van der Waals surface area contributed by atoms with E-state index in [1.165, 1.54) is 0 Å². The number of primary sulfonamides is 1. The molecule has 1 aliphatic rings. The molecule has 0 radical (unpaired) electrons. The van der Waals surface area contributed by atoms with Crippen LogP contribution in [0.1, 0.15) is 32.3 Å². The monoisotopic (exact) mass is 311 g/mol. The van der Waals surface area contributed by atoms with Gasteiger partial charge in [-0.1, -0.05) is 6.07 Å². The molecule has 1 saturated heterocycles. The maximum Gasteiger partial charge on any atom is 0.238 e. The van der Waals surface area contributed by atoms with Gasteiger partial charge in [0.05, 0.1) is 4.90 Å². The summed E-state index contributed by atoms with van der Waals surface area (Å²) >= 11 is 0. The average Bonchev–Trinajstić information content (AvgIpc) is 2.40. The van der Waals surface area contributed by atoms with Crippen molar-refractivity contribution in [3.8, 4) is 0 Å². The highest BCUT2D eigenvalue weighted by molar-refractivity contribution is 7.89. The number of hydrogen-bond donors (Lipinski definition) is 2. The van der Waals surface area contributed by atoms with Crippen molar-refractivity contribution in [2.24, 2.45) is 5.14 Å². The van der Waals surface area contributed by atoms with Crippen LogP contribution in [0.4, 0.5) is 5.69 Å². The van der Waals surface area contributed by atoms with Gasteiger partial charge in [-0.05, 0) is 51.3 Å². The van der Waals surface area contributed by atoms with Crippen LogP contribution in [-0.2, 0) is 10.0 Å². The van der Waals surface area contributed by atoms with Gasteiger partial charge in [0, 0.05) is 30.9 Å². The lowest BCUT2D eigenvalue weighted by molar-refractivity contribution is 0.177. The van der Waals surface area contributed by atoms with Crippen molar-refractivity contribution in [1.29, 1.82) is 0 Å². The van der Waals surface area contributed by atoms with Crippen LogP contribution in [0.2, 0.25) is 0 Å². The van der Waals surface area contributed by atoms with E-state index in [1.54, 1.807) is 19.1 Å². The number of piperidine rings is 1. The van der Waals surface area contributed by atoms with Gasteiger partial charge in [-0.3, -0.25) is 0 Å². The molecule has 6 heteroatoms. The van der Waals surface area contributed by atoms with Gasteiger partial charge >= 0.3 is 0 Å². The number of nitrogens with two attached hydrogens (primary N) is 1. The van der Waals surface area contributed by atoms with Gasteiger partial charge in [0.25, 0.3) is 0 Å². The molecule has 21 heavy (non-hydrogen) atoms. The quantitative estimate of drug-likeness (QED) is 0.891. The molecule has 0 atom stereocenters. The molecule has 1 fully saturated rings. The van der Waals surface area contributed by atoms with Crippen LogP contribution < -0.4 is 10.5 Å². The van der Waals surface area contributed by atoms with Crippen LogP contribution >= 0.6 is 0 Å². The number of hydrogen-bond acceptors (Lipinski definition) is 4. The summed E-state index contributed by atoms with van der Waals surface area (Å²) in [5.41, 5.74) is 1.50. The predicted molar refractivity (Wildman–Crippen MR) is 85.9 cm³/mol. The van der Waals surface area contributed by atoms with Crippen LogP contribution in [0.25, 0.3) is 0 Å². The smallest absolute Gasteiger partial charge is 0.238 e. The molecule has 0 amide bonds. The summed E-state index contributed by atoms with van der Waals surface area (Å²) in [6.45, 7) is 8.33. The lowest BCUT2D eigenvalue weighted by atomic mass is 10.0. The Morgan fingerprint density at radius 3 is 2.43 bits per heavy atom. The van der Waals surface area contributed by atoms with E-state index in [2.05, 4.69) is 24.1 Å². The van der Waals surface area contributed by atoms with E-state index >= 15 is 0 Å². The Labute approximate surface area is 127 Å². The highest BCUT2D eigenvalue weighted by atomic mass is 32.2. The van der Waals surface area contributed by atoms with E-state index in [0.717, 1.165) is 31.6 Å². The number of anilines is 1. The Bertz CT molecular complexity index is 591. The Morgan fingerprint density at radius 2 is 1.90 bits per heavy atom. The first-order valence-corrected chi connectivity index (χ1v) is 8.96. The molecule has 1 aromatic carbocycles. The van der Waals surface area contributed by atoms with E-state index in [4.69, 9.17) is 5.14 Å². The molecule has 1 aliphatic heterocycles. The van der Waals surface area contributed by atoms with E-state index in [-0.39, 0.29) is 4.90 Å². The molecule has 0 bridgehead atoms. The molecule has 0 aromatic heterocycles. The number of benzene rings is 1. The second-order valence-electron chi connectivity index (χ2n) is 6.07. The van der Waals surface area contributed by atoms with Crippen LogP contribution in [0.3, 0.4) is 0 Å². The summed E-state index contributed by atoms with van der Waals surface area (Å²) in [6.07, 6.45) is 2.13. The fourth-order valence-electron chi connectivity index (χ4n) is 2.79. The molecule has 1 heterocycles. The van der Waals surface area contributed by atoms with Crippen molar-refractivity contribution in [1.82, 2.24) is 4.90 Å². The zero-order chi connectivity index (χ0) is 15.6. The minimum Gasteiger partial charge on any atom is -0.382 e. The molecule has 0 saturated carbocycles. The number of rotatable bonds is 4. The van der Waals surface area contributed by atoms with Crippen molar-refractivity contribution in [2.45, 2.75) is 50.6 Å². The fraction of sp³-hybridized carbons (Fsp3) is 0.600. The second kappa shape index (κ2) is 6.34. The first-order chi connectivity index (χ1) is 9.77. The average molecular weight is 311 g/mol. The van der Waals surface area contributed by atoms with Gasteiger partial charge in [-0.15, -0.1) is 0 Å². The first-order valence-electron chi connectivity index (χ1n) is 7.41. The van der Waals surface area contributed by atoms with Crippen molar-refractivity contribution in [3.05, 3.63) is 23.8 Å². The van der Waals surface area contributed by atoms with Gasteiger partial charge < -0.3 is 10.2 Å². The number of likely N-dealkylation sites (tertiary alicyclic amines) is 1. The summed E-state index contributed by atoms with van der Waals surface area (Å²) in [7, 11) is -3.67. The number of nitrogens with one attached hydrogen (secondary N) is 1. The van der Waals surface area contributed by atoms with Crippen LogP contribution in [0.5, 0.6) is 0 Å². The second-order valence-corrected chi connectivity index (χ2v) is 7.60. The topological polar surface area (TPSA) is 75.4 Å². The fourth-order valence-corrected chi connectivity index (χ4v) is 3.60. The number of aryl methyl sites for hydroxylation is 1. The van der Waals surface area contributed by atoms with E-state index in [1.807, 2.05) is 6.07 Å². The SMILES string of the molecule is Cc1ccc(NC2CCN(C(C)C)CC2)cc1S(N)(=O)=O. The largest absolute Gasteiger partial charge is 0.382 e. The van der Waals surface area contributed by atoms with Crippen LogP contribution in [-0.4, -0.2) is 38.5 Å². The van der Waals surface area contributed by atoms with Gasteiger partial charge in [-0.25, -0.2) is 13.6 Å². The van der Waals surface area contributed by atoms with Crippen molar-refractivity contribution in [2.75, 3.05) is 18.4 Å². The molecular formula is C15H25N3O2S. The molecule has 3 N–H and O–H groups in total. The standard InChI is InChI=1S/C15H25N3O2S/c1-11(2)18-8-6-13(7-9-18)17-14-5-4-12(3)15(10-14)21(16,19)20/h4-5,10-11,13,17H,6-9H2,1-3H3,(H2,16,19,20). The molecule has 2 rings (SSSR count). The molecule has 0 aliphatic carbocycles. The van der Waals surface area contributed by atoms with Gasteiger partial charge in [0.2, 0.25) is 10.0 Å². The van der Waals surface area contributed by atoms with Gasteiger partial charge in [0.15, 0.2) is 0 Å². The third kappa shape index (κ3) is 4.18. The Balaban J connectivity index is 2.05. The minimum absolute atomic E-state index is 0.201. The summed E-state index contributed by atoms with van der Waals surface area (Å²) < 4.78 is 23.1. The number of sulfonamides is 1. The Morgan fingerprint density at radius 1 is 1.29 bits per heavy atom. The normalized spacial score (nSPS) is 18.1. The third-order valence-corrected chi connectivity index (χ3v) is 5.18. The molecular weight excluding hydrogens is 286 g/mol. The lowest BCUT2D eigenvalue weighted by Crippen LogP contribution is -2.42. The maximum atomic E-state index is 11.6. The molecule has 1 aromatic rings. The van der Waals surface area contributed by atoms with E-state index in [9.17, 15) is 8.42 Å². The summed E-state index contributed by atoms with van der Waals surface area (Å²) in [5, 5.41) is 8.68. The summed E-state index contributed by atoms with van der Waals surface area (Å²) in [4.78, 5) is 2.66. The van der Waals surface area contributed by atoms with Crippen molar-refractivity contribution < 1.29 is 8.42 Å². The highest BCUT2D eigenvalue weighted by Gasteiger charge is 2.21. The third-order valence-electron chi connectivity index (χ3n) is 4.13. The van der Waals surface area contributed by atoms with Crippen LogP contribution in [0.15, 0.2) is 23.1 Å². The molecule has 0 unspecified atom stereocenters. The highest BCUT2D eigenvalue weighted by Crippen LogP contribution is 2.22. The van der Waals surface area contributed by atoms with Crippen molar-refractivity contribution in [3.63, 3.8) is 0 Å². The summed E-state index contributed by atoms with van der Waals surface area (Å²) in [5.74, 6) is 0. The maximum absolute atomic E-state index is 11.6.